The molecule has 1 rings (SSSR count). The summed E-state index contributed by atoms with van der Waals surface area (Å²) in [6.45, 7) is 10.1. The van der Waals surface area contributed by atoms with Crippen LogP contribution in [0.5, 0.6) is 0 Å². The molecule has 0 radical (unpaired) electrons. The fraction of sp³-hybridized carbons (Fsp3) is 1.00. The molecule has 0 aromatic carbocycles. The fourth-order valence-electron chi connectivity index (χ4n) is 1.71. The van der Waals surface area contributed by atoms with Gasteiger partial charge in [0.05, 0.1) is 6.10 Å². The lowest BCUT2D eigenvalue weighted by Gasteiger charge is -2.22. The average Bonchev–Trinajstić information content (AvgIpc) is 2.10. The molecule has 1 heteroatoms. The smallest absolute Gasteiger partial charge is 0.0583 e. The summed E-state index contributed by atoms with van der Waals surface area (Å²) in [5.74, 6) is 0.780. The molecule has 2 atom stereocenters. The van der Waals surface area contributed by atoms with Gasteiger partial charge in [0.15, 0.2) is 0 Å². The lowest BCUT2D eigenvalue weighted by atomic mass is 9.87. The quantitative estimate of drug-likeness (QED) is 0.567. The molecule has 0 aliphatic carbocycles. The molecule has 1 aliphatic rings. The van der Waals surface area contributed by atoms with Gasteiger partial charge < -0.3 is 4.74 Å². The van der Waals surface area contributed by atoms with Crippen molar-refractivity contribution in [2.75, 3.05) is 6.61 Å². The molecule has 0 aromatic heterocycles. The van der Waals surface area contributed by atoms with Crippen molar-refractivity contribution >= 4 is 0 Å². The second-order valence-electron chi connectivity index (χ2n) is 5.06. The van der Waals surface area contributed by atoms with Crippen LogP contribution in [0.1, 0.15) is 40.5 Å². The van der Waals surface area contributed by atoms with Crippen LogP contribution in [0.2, 0.25) is 0 Å². The standard InChI is InChI=1S/C10H20O/c1-8-5-9(11-7-8)6-10(2,3)4/h8-9H,5-7H2,1-4H3/t8-,9+/m1/s1. The zero-order valence-electron chi connectivity index (χ0n) is 8.18. The summed E-state index contributed by atoms with van der Waals surface area (Å²) in [5, 5.41) is 0. The van der Waals surface area contributed by atoms with Gasteiger partial charge in [-0.25, -0.2) is 0 Å². The van der Waals surface area contributed by atoms with E-state index in [9.17, 15) is 0 Å². The molecule has 0 amide bonds. The van der Waals surface area contributed by atoms with Gasteiger partial charge in [-0.2, -0.15) is 0 Å². The van der Waals surface area contributed by atoms with Crippen molar-refractivity contribution in [3.05, 3.63) is 0 Å². The first kappa shape index (κ1) is 9.05. The van der Waals surface area contributed by atoms with E-state index in [-0.39, 0.29) is 0 Å². The molecular weight excluding hydrogens is 136 g/mol. The third-order valence-electron chi connectivity index (χ3n) is 2.12. The maximum atomic E-state index is 5.64. The molecule has 1 fully saturated rings. The van der Waals surface area contributed by atoms with Crippen LogP contribution in [0.15, 0.2) is 0 Å². The minimum Gasteiger partial charge on any atom is -0.378 e. The van der Waals surface area contributed by atoms with Gasteiger partial charge in [-0.3, -0.25) is 0 Å². The summed E-state index contributed by atoms with van der Waals surface area (Å²) >= 11 is 0. The molecular formula is C10H20O. The van der Waals surface area contributed by atoms with Crippen molar-refractivity contribution < 1.29 is 4.74 Å². The Morgan fingerprint density at radius 2 is 2.00 bits per heavy atom. The first-order valence-electron chi connectivity index (χ1n) is 4.59. The Bertz CT molecular complexity index is 123. The average molecular weight is 156 g/mol. The van der Waals surface area contributed by atoms with Gasteiger partial charge in [-0.15, -0.1) is 0 Å². The summed E-state index contributed by atoms with van der Waals surface area (Å²) in [6, 6.07) is 0. The summed E-state index contributed by atoms with van der Waals surface area (Å²) in [4.78, 5) is 0. The zero-order chi connectivity index (χ0) is 8.48. The van der Waals surface area contributed by atoms with Crippen LogP contribution in [0.25, 0.3) is 0 Å². The molecule has 0 spiro atoms. The van der Waals surface area contributed by atoms with Crippen molar-refractivity contribution in [2.45, 2.75) is 46.6 Å². The van der Waals surface area contributed by atoms with Crippen LogP contribution in [0.4, 0.5) is 0 Å². The van der Waals surface area contributed by atoms with E-state index in [0.29, 0.717) is 11.5 Å². The summed E-state index contributed by atoms with van der Waals surface area (Å²) in [5.41, 5.74) is 0.425. The second-order valence-corrected chi connectivity index (χ2v) is 5.06. The van der Waals surface area contributed by atoms with Crippen LogP contribution in [0.3, 0.4) is 0 Å². The van der Waals surface area contributed by atoms with E-state index in [1.54, 1.807) is 0 Å². The highest BCUT2D eigenvalue weighted by molar-refractivity contribution is 4.75. The number of ether oxygens (including phenoxy) is 1. The third kappa shape index (κ3) is 3.24. The lowest BCUT2D eigenvalue weighted by molar-refractivity contribution is 0.0742. The van der Waals surface area contributed by atoms with Gasteiger partial charge >= 0.3 is 0 Å². The van der Waals surface area contributed by atoms with Crippen molar-refractivity contribution in [3.8, 4) is 0 Å². The van der Waals surface area contributed by atoms with E-state index in [2.05, 4.69) is 27.7 Å². The summed E-state index contributed by atoms with van der Waals surface area (Å²) in [6.07, 6.45) is 3.00. The zero-order valence-corrected chi connectivity index (χ0v) is 8.18. The second kappa shape index (κ2) is 3.14. The highest BCUT2D eigenvalue weighted by atomic mass is 16.5. The summed E-state index contributed by atoms with van der Waals surface area (Å²) in [7, 11) is 0. The normalized spacial score (nSPS) is 32.7. The maximum Gasteiger partial charge on any atom is 0.0583 e. The van der Waals surface area contributed by atoms with Crippen molar-refractivity contribution in [1.82, 2.24) is 0 Å². The van der Waals surface area contributed by atoms with E-state index < -0.39 is 0 Å². The highest BCUT2D eigenvalue weighted by Crippen LogP contribution is 2.29. The van der Waals surface area contributed by atoms with Gasteiger partial charge in [0.25, 0.3) is 0 Å². The van der Waals surface area contributed by atoms with Gasteiger partial charge in [-0.05, 0) is 24.2 Å². The van der Waals surface area contributed by atoms with E-state index in [4.69, 9.17) is 4.74 Å². The molecule has 11 heavy (non-hydrogen) atoms. The van der Waals surface area contributed by atoms with Crippen LogP contribution >= 0.6 is 0 Å². The summed E-state index contributed by atoms with van der Waals surface area (Å²) < 4.78 is 5.64. The van der Waals surface area contributed by atoms with Gasteiger partial charge in [0.2, 0.25) is 0 Å². The van der Waals surface area contributed by atoms with Gasteiger partial charge in [0, 0.05) is 6.61 Å². The fourth-order valence-corrected chi connectivity index (χ4v) is 1.71. The first-order valence-corrected chi connectivity index (χ1v) is 4.59. The Hall–Kier alpha value is -0.0400. The Morgan fingerprint density at radius 1 is 1.36 bits per heavy atom. The molecule has 1 nitrogen and oxygen atoms in total. The Morgan fingerprint density at radius 3 is 2.36 bits per heavy atom. The molecule has 1 saturated heterocycles. The van der Waals surface area contributed by atoms with Gasteiger partial charge in [0.1, 0.15) is 0 Å². The molecule has 0 saturated carbocycles. The highest BCUT2D eigenvalue weighted by Gasteiger charge is 2.26. The minimum absolute atomic E-state index is 0.425. The van der Waals surface area contributed by atoms with Crippen molar-refractivity contribution in [1.29, 1.82) is 0 Å². The van der Waals surface area contributed by atoms with Crippen LogP contribution < -0.4 is 0 Å². The molecule has 1 aliphatic heterocycles. The van der Waals surface area contributed by atoms with Gasteiger partial charge in [-0.1, -0.05) is 27.7 Å². The lowest BCUT2D eigenvalue weighted by Crippen LogP contribution is -2.16. The predicted octanol–water partition coefficient (Wildman–Crippen LogP) is 2.85. The molecule has 0 aromatic rings. The maximum absolute atomic E-state index is 5.64. The van der Waals surface area contributed by atoms with Crippen LogP contribution in [-0.2, 0) is 4.74 Å². The van der Waals surface area contributed by atoms with Crippen LogP contribution in [-0.4, -0.2) is 12.7 Å². The first-order chi connectivity index (χ1) is 4.97. The monoisotopic (exact) mass is 156 g/mol. The number of hydrogen-bond acceptors (Lipinski definition) is 1. The van der Waals surface area contributed by atoms with E-state index in [1.807, 2.05) is 0 Å². The third-order valence-corrected chi connectivity index (χ3v) is 2.12. The molecule has 66 valence electrons. The van der Waals surface area contributed by atoms with E-state index in [0.717, 1.165) is 12.5 Å². The van der Waals surface area contributed by atoms with Crippen LogP contribution in [0, 0.1) is 11.3 Å². The number of hydrogen-bond donors (Lipinski definition) is 0. The Balaban J connectivity index is 2.29. The minimum atomic E-state index is 0.425. The Kier molecular flexibility index (Phi) is 2.58. The molecule has 0 bridgehead atoms. The van der Waals surface area contributed by atoms with Crippen molar-refractivity contribution in [2.24, 2.45) is 11.3 Å². The molecule has 1 heterocycles. The molecule has 0 N–H and O–H groups in total. The largest absolute Gasteiger partial charge is 0.378 e. The topological polar surface area (TPSA) is 9.23 Å². The number of rotatable bonds is 1. The molecule has 0 unspecified atom stereocenters. The van der Waals surface area contributed by atoms with E-state index >= 15 is 0 Å². The SMILES string of the molecule is C[C@H]1CO[C@H](CC(C)(C)C)C1. The van der Waals surface area contributed by atoms with Crippen molar-refractivity contribution in [3.63, 3.8) is 0 Å². The van der Waals surface area contributed by atoms with E-state index in [1.165, 1.54) is 12.8 Å². The predicted molar refractivity (Wildman–Crippen MR) is 47.6 cm³/mol. The Labute approximate surface area is 70.1 Å².